The summed E-state index contributed by atoms with van der Waals surface area (Å²) in [7, 11) is 3.59. The van der Waals surface area contributed by atoms with Gasteiger partial charge in [0.25, 0.3) is 0 Å². The number of nitrogens with zero attached hydrogens (tertiary/aromatic N) is 2. The normalized spacial score (nSPS) is 11.1. The monoisotopic (exact) mass is 288 g/mol. The first-order valence-corrected chi connectivity index (χ1v) is 7.43. The molecule has 0 spiro atoms. The van der Waals surface area contributed by atoms with Crippen LogP contribution in [0.3, 0.4) is 0 Å². The maximum absolute atomic E-state index is 11.6. The number of amides is 1. The molecule has 0 bridgehead atoms. The number of aryl methyl sites for hydroxylation is 1. The minimum atomic E-state index is 0.180. The van der Waals surface area contributed by atoms with Crippen molar-refractivity contribution in [3.05, 3.63) is 30.5 Å². The molecule has 1 aromatic heterocycles. The van der Waals surface area contributed by atoms with Gasteiger partial charge in [-0.3, -0.25) is 4.79 Å². The van der Waals surface area contributed by atoms with E-state index in [9.17, 15) is 4.79 Å². The van der Waals surface area contributed by atoms with Crippen LogP contribution < -0.4 is 4.74 Å². The third-order valence-corrected chi connectivity index (χ3v) is 3.40. The van der Waals surface area contributed by atoms with Crippen molar-refractivity contribution in [2.75, 3.05) is 14.1 Å². The number of hydrogen-bond donors (Lipinski definition) is 0. The fourth-order valence-corrected chi connectivity index (χ4v) is 2.34. The van der Waals surface area contributed by atoms with Gasteiger partial charge < -0.3 is 14.2 Å². The fraction of sp³-hybridized carbons (Fsp3) is 0.471. The van der Waals surface area contributed by atoms with E-state index in [-0.39, 0.29) is 12.0 Å². The average Bonchev–Trinajstić information content (AvgIpc) is 2.80. The van der Waals surface area contributed by atoms with E-state index in [0.29, 0.717) is 6.42 Å². The van der Waals surface area contributed by atoms with Gasteiger partial charge in [0.05, 0.1) is 6.10 Å². The number of rotatable bonds is 6. The second-order valence-electron chi connectivity index (χ2n) is 5.79. The van der Waals surface area contributed by atoms with Gasteiger partial charge in [-0.2, -0.15) is 0 Å². The maximum atomic E-state index is 11.6. The van der Waals surface area contributed by atoms with Crippen LogP contribution in [0.15, 0.2) is 30.5 Å². The molecule has 1 heterocycles. The second kappa shape index (κ2) is 6.66. The Morgan fingerprint density at radius 2 is 2.05 bits per heavy atom. The van der Waals surface area contributed by atoms with E-state index in [1.807, 2.05) is 19.9 Å². The van der Waals surface area contributed by atoms with Crippen molar-refractivity contribution >= 4 is 16.8 Å². The van der Waals surface area contributed by atoms with E-state index in [4.69, 9.17) is 4.74 Å². The summed E-state index contributed by atoms with van der Waals surface area (Å²) in [5.41, 5.74) is 1.18. The molecule has 4 heteroatoms. The molecule has 0 saturated carbocycles. The van der Waals surface area contributed by atoms with Crippen molar-refractivity contribution in [2.24, 2.45) is 0 Å². The van der Waals surface area contributed by atoms with Crippen LogP contribution >= 0.6 is 0 Å². The molecule has 0 aliphatic rings. The summed E-state index contributed by atoms with van der Waals surface area (Å²) in [6.07, 6.45) is 3.69. The van der Waals surface area contributed by atoms with Gasteiger partial charge in [0.1, 0.15) is 5.75 Å². The van der Waals surface area contributed by atoms with Crippen LogP contribution in [0.25, 0.3) is 10.9 Å². The molecule has 2 aromatic rings. The Kier molecular flexibility index (Phi) is 4.89. The van der Waals surface area contributed by atoms with Gasteiger partial charge in [-0.05, 0) is 44.5 Å². The summed E-state index contributed by atoms with van der Waals surface area (Å²) in [4.78, 5) is 13.2. The topological polar surface area (TPSA) is 34.5 Å². The lowest BCUT2D eigenvalue weighted by Gasteiger charge is -2.11. The molecule has 4 nitrogen and oxygen atoms in total. The van der Waals surface area contributed by atoms with Gasteiger partial charge in [0.2, 0.25) is 5.91 Å². The van der Waals surface area contributed by atoms with Gasteiger partial charge in [-0.15, -0.1) is 0 Å². The Morgan fingerprint density at radius 1 is 1.29 bits per heavy atom. The van der Waals surface area contributed by atoms with Crippen LogP contribution in [-0.4, -0.2) is 35.6 Å². The summed E-state index contributed by atoms with van der Waals surface area (Å²) in [5.74, 6) is 1.08. The molecule has 1 aromatic carbocycles. The first kappa shape index (κ1) is 15.4. The Morgan fingerprint density at radius 3 is 2.71 bits per heavy atom. The lowest BCUT2D eigenvalue weighted by molar-refractivity contribution is -0.128. The van der Waals surface area contributed by atoms with E-state index in [1.54, 1.807) is 19.0 Å². The van der Waals surface area contributed by atoms with Gasteiger partial charge in [0, 0.05) is 44.2 Å². The first-order valence-electron chi connectivity index (χ1n) is 7.43. The predicted molar refractivity (Wildman–Crippen MR) is 85.6 cm³/mol. The molecule has 0 aliphatic heterocycles. The Labute approximate surface area is 126 Å². The highest BCUT2D eigenvalue weighted by molar-refractivity contribution is 5.81. The highest BCUT2D eigenvalue weighted by Gasteiger charge is 2.06. The van der Waals surface area contributed by atoms with Gasteiger partial charge >= 0.3 is 0 Å². The molecule has 114 valence electrons. The number of hydrogen-bond acceptors (Lipinski definition) is 2. The molecule has 0 N–H and O–H groups in total. The van der Waals surface area contributed by atoms with Gasteiger partial charge in [-0.1, -0.05) is 0 Å². The van der Waals surface area contributed by atoms with Crippen molar-refractivity contribution in [3.8, 4) is 5.75 Å². The SMILES string of the molecule is CC(C)Oc1ccc2c(ccn2CCCC(=O)N(C)C)c1. The first-order chi connectivity index (χ1) is 9.97. The van der Waals surface area contributed by atoms with Crippen LogP contribution in [0.2, 0.25) is 0 Å². The zero-order valence-electron chi connectivity index (χ0n) is 13.3. The van der Waals surface area contributed by atoms with Crippen molar-refractivity contribution in [3.63, 3.8) is 0 Å². The van der Waals surface area contributed by atoms with Crippen molar-refractivity contribution in [1.82, 2.24) is 9.47 Å². The smallest absolute Gasteiger partial charge is 0.222 e. The number of ether oxygens (including phenoxy) is 1. The van der Waals surface area contributed by atoms with E-state index in [1.165, 1.54) is 10.9 Å². The third-order valence-electron chi connectivity index (χ3n) is 3.40. The number of benzene rings is 1. The third kappa shape index (κ3) is 4.00. The number of carbonyl (C=O) groups is 1. The summed E-state index contributed by atoms with van der Waals surface area (Å²) in [6.45, 7) is 4.90. The molecule has 0 atom stereocenters. The van der Waals surface area contributed by atoms with Crippen LogP contribution in [-0.2, 0) is 11.3 Å². The fourth-order valence-electron chi connectivity index (χ4n) is 2.34. The highest BCUT2D eigenvalue weighted by atomic mass is 16.5. The van der Waals surface area contributed by atoms with E-state index < -0.39 is 0 Å². The van der Waals surface area contributed by atoms with Gasteiger partial charge in [0.15, 0.2) is 0 Å². The Bertz CT molecular complexity index is 614. The molecule has 0 radical (unpaired) electrons. The number of aromatic nitrogens is 1. The largest absolute Gasteiger partial charge is 0.491 e. The number of fused-ring (bicyclic) bond motifs is 1. The van der Waals surface area contributed by atoms with Crippen molar-refractivity contribution < 1.29 is 9.53 Å². The highest BCUT2D eigenvalue weighted by Crippen LogP contribution is 2.23. The number of carbonyl (C=O) groups excluding carboxylic acids is 1. The molecule has 21 heavy (non-hydrogen) atoms. The Balaban J connectivity index is 2.03. The lowest BCUT2D eigenvalue weighted by atomic mass is 10.2. The Hall–Kier alpha value is -1.97. The standard InChI is InChI=1S/C17H24N2O2/c1-13(2)21-15-7-8-16-14(12-15)9-11-19(16)10-5-6-17(20)18(3)4/h7-9,11-13H,5-6,10H2,1-4H3. The minimum Gasteiger partial charge on any atom is -0.491 e. The maximum Gasteiger partial charge on any atom is 0.222 e. The average molecular weight is 288 g/mol. The second-order valence-corrected chi connectivity index (χ2v) is 5.79. The van der Waals surface area contributed by atoms with E-state index in [0.717, 1.165) is 18.7 Å². The van der Waals surface area contributed by atoms with Crippen LogP contribution in [0.1, 0.15) is 26.7 Å². The summed E-state index contributed by atoms with van der Waals surface area (Å²) in [5, 5.41) is 1.17. The summed E-state index contributed by atoms with van der Waals surface area (Å²) >= 11 is 0. The molecule has 0 aliphatic carbocycles. The molecular formula is C17H24N2O2. The molecule has 0 fully saturated rings. The van der Waals surface area contributed by atoms with Crippen molar-refractivity contribution in [1.29, 1.82) is 0 Å². The zero-order valence-corrected chi connectivity index (χ0v) is 13.3. The van der Waals surface area contributed by atoms with Gasteiger partial charge in [-0.25, -0.2) is 0 Å². The van der Waals surface area contributed by atoms with Crippen LogP contribution in [0.4, 0.5) is 0 Å². The zero-order chi connectivity index (χ0) is 15.4. The van der Waals surface area contributed by atoms with E-state index in [2.05, 4.69) is 29.0 Å². The predicted octanol–water partition coefficient (Wildman–Crippen LogP) is 3.30. The summed E-state index contributed by atoms with van der Waals surface area (Å²) < 4.78 is 7.90. The van der Waals surface area contributed by atoms with Crippen LogP contribution in [0, 0.1) is 0 Å². The lowest BCUT2D eigenvalue weighted by Crippen LogP contribution is -2.21. The van der Waals surface area contributed by atoms with E-state index >= 15 is 0 Å². The minimum absolute atomic E-state index is 0.180. The molecule has 2 rings (SSSR count). The molecule has 1 amide bonds. The molecular weight excluding hydrogens is 264 g/mol. The summed E-state index contributed by atoms with van der Waals surface area (Å²) in [6, 6.07) is 8.25. The van der Waals surface area contributed by atoms with Crippen molar-refractivity contribution in [2.45, 2.75) is 39.3 Å². The molecule has 0 unspecified atom stereocenters. The molecule has 0 saturated heterocycles. The quantitative estimate of drug-likeness (QED) is 0.817. The van der Waals surface area contributed by atoms with Crippen LogP contribution in [0.5, 0.6) is 5.75 Å².